The third-order valence-corrected chi connectivity index (χ3v) is 2.68. The molecule has 2 rings (SSSR count). The standard InChI is InChI=1S/C12H16N2O2/c1-2-16-12(15)10-8-13-14(9-10)11-6-4-3-5-7-11/h4,6,8-9,11H,2-3,5,7H2,1H3. The minimum atomic E-state index is -0.298. The minimum absolute atomic E-state index is 0.289. The Morgan fingerprint density at radius 1 is 1.69 bits per heavy atom. The molecule has 1 aromatic rings. The summed E-state index contributed by atoms with van der Waals surface area (Å²) in [5, 5.41) is 4.21. The molecule has 86 valence electrons. The summed E-state index contributed by atoms with van der Waals surface area (Å²) in [6.07, 6.45) is 11.0. The maximum Gasteiger partial charge on any atom is 0.341 e. The maximum atomic E-state index is 11.4. The molecule has 1 aliphatic carbocycles. The molecule has 0 saturated heterocycles. The van der Waals surface area contributed by atoms with E-state index >= 15 is 0 Å². The molecular weight excluding hydrogens is 204 g/mol. The summed E-state index contributed by atoms with van der Waals surface area (Å²) in [7, 11) is 0. The van der Waals surface area contributed by atoms with E-state index in [4.69, 9.17) is 4.74 Å². The van der Waals surface area contributed by atoms with E-state index in [1.807, 2.05) is 4.68 Å². The van der Waals surface area contributed by atoms with Crippen molar-refractivity contribution in [3.63, 3.8) is 0 Å². The number of carbonyl (C=O) groups excluding carboxylic acids is 1. The van der Waals surface area contributed by atoms with Crippen molar-refractivity contribution in [1.29, 1.82) is 0 Å². The molecule has 0 radical (unpaired) electrons. The van der Waals surface area contributed by atoms with Gasteiger partial charge in [-0.15, -0.1) is 0 Å². The van der Waals surface area contributed by atoms with Gasteiger partial charge in [-0.1, -0.05) is 12.2 Å². The summed E-state index contributed by atoms with van der Waals surface area (Å²) in [5.41, 5.74) is 0.529. The van der Waals surface area contributed by atoms with Crippen molar-refractivity contribution in [2.75, 3.05) is 6.61 Å². The number of hydrogen-bond donors (Lipinski definition) is 0. The van der Waals surface area contributed by atoms with Crippen molar-refractivity contribution >= 4 is 5.97 Å². The van der Waals surface area contributed by atoms with Crippen molar-refractivity contribution in [3.8, 4) is 0 Å². The fourth-order valence-corrected chi connectivity index (χ4v) is 1.85. The van der Waals surface area contributed by atoms with Crippen LogP contribution in [-0.2, 0) is 4.74 Å². The Balaban J connectivity index is 2.09. The van der Waals surface area contributed by atoms with Gasteiger partial charge in [0.25, 0.3) is 0 Å². The molecule has 1 aliphatic rings. The van der Waals surface area contributed by atoms with E-state index in [1.54, 1.807) is 19.3 Å². The second-order valence-corrected chi connectivity index (χ2v) is 3.86. The molecule has 0 aliphatic heterocycles. The summed E-state index contributed by atoms with van der Waals surface area (Å²) >= 11 is 0. The van der Waals surface area contributed by atoms with Crippen molar-refractivity contribution in [2.45, 2.75) is 32.2 Å². The highest BCUT2D eigenvalue weighted by molar-refractivity contribution is 5.88. The minimum Gasteiger partial charge on any atom is -0.462 e. The molecule has 0 N–H and O–H groups in total. The number of ether oxygens (including phenoxy) is 1. The number of allylic oxidation sites excluding steroid dienone is 2. The average molecular weight is 220 g/mol. The highest BCUT2D eigenvalue weighted by Crippen LogP contribution is 2.21. The first-order valence-electron chi connectivity index (χ1n) is 5.69. The number of rotatable bonds is 3. The van der Waals surface area contributed by atoms with E-state index in [0.29, 0.717) is 12.2 Å². The summed E-state index contributed by atoms with van der Waals surface area (Å²) in [6, 6.07) is 0.289. The third-order valence-electron chi connectivity index (χ3n) is 2.68. The van der Waals surface area contributed by atoms with Crippen LogP contribution < -0.4 is 0 Å². The number of hydrogen-bond acceptors (Lipinski definition) is 3. The summed E-state index contributed by atoms with van der Waals surface area (Å²) in [6.45, 7) is 2.19. The van der Waals surface area contributed by atoms with Gasteiger partial charge >= 0.3 is 5.97 Å². The average Bonchev–Trinajstić information content (AvgIpc) is 2.80. The molecule has 4 heteroatoms. The molecule has 1 unspecified atom stereocenters. The van der Waals surface area contributed by atoms with E-state index < -0.39 is 0 Å². The zero-order valence-corrected chi connectivity index (χ0v) is 9.43. The Kier molecular flexibility index (Phi) is 3.39. The quantitative estimate of drug-likeness (QED) is 0.580. The number of aromatic nitrogens is 2. The number of nitrogens with zero attached hydrogens (tertiary/aromatic N) is 2. The Morgan fingerprint density at radius 3 is 3.25 bits per heavy atom. The molecule has 16 heavy (non-hydrogen) atoms. The number of carbonyl (C=O) groups is 1. The van der Waals surface area contributed by atoms with Crippen LogP contribution in [0.5, 0.6) is 0 Å². The molecule has 0 bridgehead atoms. The molecular formula is C12H16N2O2. The van der Waals surface area contributed by atoms with Crippen LogP contribution >= 0.6 is 0 Å². The van der Waals surface area contributed by atoms with Crippen molar-refractivity contribution in [2.24, 2.45) is 0 Å². The fourth-order valence-electron chi connectivity index (χ4n) is 1.85. The molecule has 0 fully saturated rings. The lowest BCUT2D eigenvalue weighted by atomic mass is 10.0. The summed E-state index contributed by atoms with van der Waals surface area (Å²) < 4.78 is 6.75. The van der Waals surface area contributed by atoms with E-state index in [0.717, 1.165) is 12.8 Å². The van der Waals surface area contributed by atoms with Crippen LogP contribution in [0.2, 0.25) is 0 Å². The lowest BCUT2D eigenvalue weighted by Crippen LogP contribution is -2.09. The van der Waals surface area contributed by atoms with Crippen LogP contribution in [0.15, 0.2) is 24.5 Å². The van der Waals surface area contributed by atoms with Gasteiger partial charge in [-0.25, -0.2) is 4.79 Å². The van der Waals surface area contributed by atoms with Gasteiger partial charge in [-0.3, -0.25) is 4.68 Å². The number of esters is 1. The first kappa shape index (κ1) is 10.9. The van der Waals surface area contributed by atoms with Crippen LogP contribution in [0.4, 0.5) is 0 Å². The first-order chi connectivity index (χ1) is 7.81. The van der Waals surface area contributed by atoms with Gasteiger partial charge in [0.2, 0.25) is 0 Å². The molecule has 1 heterocycles. The fraction of sp³-hybridized carbons (Fsp3) is 0.500. The Labute approximate surface area is 94.9 Å². The smallest absolute Gasteiger partial charge is 0.341 e. The molecule has 1 aromatic heterocycles. The van der Waals surface area contributed by atoms with Crippen LogP contribution in [-0.4, -0.2) is 22.4 Å². The lowest BCUT2D eigenvalue weighted by Gasteiger charge is -2.16. The highest BCUT2D eigenvalue weighted by atomic mass is 16.5. The second kappa shape index (κ2) is 4.96. The van der Waals surface area contributed by atoms with Gasteiger partial charge < -0.3 is 4.74 Å². The second-order valence-electron chi connectivity index (χ2n) is 3.86. The van der Waals surface area contributed by atoms with E-state index in [-0.39, 0.29) is 12.0 Å². The zero-order valence-electron chi connectivity index (χ0n) is 9.43. The van der Waals surface area contributed by atoms with Gasteiger partial charge in [-0.05, 0) is 26.2 Å². The molecule has 0 amide bonds. The van der Waals surface area contributed by atoms with Crippen LogP contribution in [0, 0.1) is 0 Å². The van der Waals surface area contributed by atoms with Gasteiger partial charge in [0.15, 0.2) is 0 Å². The molecule has 1 atom stereocenters. The molecule has 0 saturated carbocycles. The highest BCUT2D eigenvalue weighted by Gasteiger charge is 2.14. The van der Waals surface area contributed by atoms with Gasteiger partial charge in [0, 0.05) is 6.20 Å². The molecule has 0 spiro atoms. The van der Waals surface area contributed by atoms with Crippen LogP contribution in [0.25, 0.3) is 0 Å². The largest absolute Gasteiger partial charge is 0.462 e. The Morgan fingerprint density at radius 2 is 2.56 bits per heavy atom. The zero-order chi connectivity index (χ0) is 11.4. The monoisotopic (exact) mass is 220 g/mol. The topological polar surface area (TPSA) is 44.1 Å². The van der Waals surface area contributed by atoms with E-state index in [2.05, 4.69) is 17.3 Å². The lowest BCUT2D eigenvalue weighted by molar-refractivity contribution is 0.0526. The maximum absolute atomic E-state index is 11.4. The first-order valence-corrected chi connectivity index (χ1v) is 5.69. The van der Waals surface area contributed by atoms with Crippen molar-refractivity contribution in [1.82, 2.24) is 9.78 Å². The predicted octanol–water partition coefficient (Wildman–Crippen LogP) is 2.34. The third kappa shape index (κ3) is 2.32. The molecule has 0 aromatic carbocycles. The van der Waals surface area contributed by atoms with Crippen molar-refractivity contribution in [3.05, 3.63) is 30.1 Å². The SMILES string of the molecule is CCOC(=O)c1cnn(C2C=CCCC2)c1. The summed E-state index contributed by atoms with van der Waals surface area (Å²) in [5.74, 6) is -0.298. The van der Waals surface area contributed by atoms with Gasteiger partial charge in [-0.2, -0.15) is 5.10 Å². The van der Waals surface area contributed by atoms with Crippen molar-refractivity contribution < 1.29 is 9.53 Å². The van der Waals surface area contributed by atoms with Gasteiger partial charge in [0.1, 0.15) is 0 Å². The Bertz CT molecular complexity index is 395. The normalized spacial score (nSPS) is 19.7. The predicted molar refractivity (Wildman–Crippen MR) is 60.2 cm³/mol. The molecule has 4 nitrogen and oxygen atoms in total. The summed E-state index contributed by atoms with van der Waals surface area (Å²) in [4.78, 5) is 11.4. The van der Waals surface area contributed by atoms with Gasteiger partial charge in [0.05, 0.1) is 24.4 Å². The van der Waals surface area contributed by atoms with Crippen LogP contribution in [0.1, 0.15) is 42.6 Å². The Hall–Kier alpha value is -1.58. The van der Waals surface area contributed by atoms with Crippen LogP contribution in [0.3, 0.4) is 0 Å². The van der Waals surface area contributed by atoms with E-state index in [9.17, 15) is 4.79 Å². The van der Waals surface area contributed by atoms with E-state index in [1.165, 1.54) is 6.42 Å².